The first-order valence-electron chi connectivity index (χ1n) is 7.83. The molecule has 0 aliphatic heterocycles. The Kier molecular flexibility index (Phi) is 5.05. The van der Waals surface area contributed by atoms with Crippen LogP contribution in [-0.2, 0) is 0 Å². The van der Waals surface area contributed by atoms with Crippen molar-refractivity contribution in [3.63, 3.8) is 0 Å². The van der Waals surface area contributed by atoms with Gasteiger partial charge in [-0.15, -0.1) is 0 Å². The number of nitrogens with one attached hydrogen (secondary N) is 2. The highest BCUT2D eigenvalue weighted by atomic mass is 35.5. The van der Waals surface area contributed by atoms with Crippen LogP contribution in [0.25, 0.3) is 0 Å². The molecule has 0 saturated heterocycles. The van der Waals surface area contributed by atoms with Crippen molar-refractivity contribution in [3.8, 4) is 5.75 Å². The minimum Gasteiger partial charge on any atom is -0.495 e. The second-order valence-corrected chi connectivity index (χ2v) is 6.10. The van der Waals surface area contributed by atoms with Gasteiger partial charge in [-0.1, -0.05) is 17.7 Å². The average molecular weight is 355 g/mol. The van der Waals surface area contributed by atoms with E-state index in [1.54, 1.807) is 37.6 Å². The highest BCUT2D eigenvalue weighted by Gasteiger charge is 2.07. The van der Waals surface area contributed by atoms with Crippen LogP contribution in [0.15, 0.2) is 48.7 Å². The molecule has 0 radical (unpaired) electrons. The lowest BCUT2D eigenvalue weighted by molar-refractivity contribution is 0.417. The first-order chi connectivity index (χ1) is 12.0. The van der Waals surface area contributed by atoms with Gasteiger partial charge >= 0.3 is 0 Å². The van der Waals surface area contributed by atoms with Gasteiger partial charge in [-0.05, 0) is 61.4 Å². The lowest BCUT2D eigenvalue weighted by Crippen LogP contribution is -2.01. The Hall–Kier alpha value is -2.79. The van der Waals surface area contributed by atoms with Crippen molar-refractivity contribution < 1.29 is 4.74 Å². The summed E-state index contributed by atoms with van der Waals surface area (Å²) < 4.78 is 5.34. The molecule has 0 unspecified atom stereocenters. The van der Waals surface area contributed by atoms with Crippen molar-refractivity contribution in [2.45, 2.75) is 13.8 Å². The molecule has 0 fully saturated rings. The third-order valence-electron chi connectivity index (χ3n) is 3.84. The van der Waals surface area contributed by atoms with Crippen LogP contribution in [-0.4, -0.2) is 17.1 Å². The maximum Gasteiger partial charge on any atom is 0.229 e. The Morgan fingerprint density at radius 2 is 1.80 bits per heavy atom. The smallest absolute Gasteiger partial charge is 0.229 e. The van der Waals surface area contributed by atoms with E-state index in [9.17, 15) is 0 Å². The number of hydrogen-bond acceptors (Lipinski definition) is 5. The van der Waals surface area contributed by atoms with Crippen LogP contribution < -0.4 is 15.4 Å². The summed E-state index contributed by atoms with van der Waals surface area (Å²) in [6.07, 6.45) is 1.69. The second kappa shape index (κ2) is 7.40. The van der Waals surface area contributed by atoms with Gasteiger partial charge in [0.05, 0.1) is 12.8 Å². The highest BCUT2D eigenvalue weighted by Crippen LogP contribution is 2.30. The Labute approximate surface area is 152 Å². The van der Waals surface area contributed by atoms with Crippen LogP contribution in [0.2, 0.25) is 5.02 Å². The summed E-state index contributed by atoms with van der Waals surface area (Å²) in [6, 6.07) is 13.3. The number of anilines is 4. The lowest BCUT2D eigenvalue weighted by atomic mass is 10.1. The molecule has 0 bridgehead atoms. The van der Waals surface area contributed by atoms with Crippen LogP contribution in [0.5, 0.6) is 5.75 Å². The standard InChI is InChI=1S/C19H19ClN4O/c1-12-4-6-15(10-13(12)2)22-19-21-9-8-18(24-19)23-16-11-14(20)5-7-17(16)25-3/h4-11H,1-3H3,(H2,21,22,23,24). The zero-order valence-electron chi connectivity index (χ0n) is 14.3. The van der Waals surface area contributed by atoms with Crippen molar-refractivity contribution in [1.82, 2.24) is 9.97 Å². The molecule has 25 heavy (non-hydrogen) atoms. The number of methoxy groups -OCH3 is 1. The largest absolute Gasteiger partial charge is 0.495 e. The Bertz CT molecular complexity index is 898. The molecular weight excluding hydrogens is 336 g/mol. The van der Waals surface area contributed by atoms with Gasteiger partial charge in [0.15, 0.2) is 0 Å². The Morgan fingerprint density at radius 1 is 0.960 bits per heavy atom. The molecule has 6 heteroatoms. The molecule has 3 rings (SSSR count). The van der Waals surface area contributed by atoms with Gasteiger partial charge in [-0.25, -0.2) is 4.98 Å². The topological polar surface area (TPSA) is 59.1 Å². The predicted octanol–water partition coefficient (Wildman–Crippen LogP) is 5.24. The summed E-state index contributed by atoms with van der Waals surface area (Å²) in [6.45, 7) is 4.16. The Morgan fingerprint density at radius 3 is 2.56 bits per heavy atom. The van der Waals surface area contributed by atoms with Gasteiger partial charge in [-0.3, -0.25) is 0 Å². The number of benzene rings is 2. The molecule has 0 aliphatic carbocycles. The van der Waals surface area contributed by atoms with E-state index in [1.807, 2.05) is 6.07 Å². The maximum atomic E-state index is 6.07. The molecular formula is C19H19ClN4O. The fourth-order valence-corrected chi connectivity index (χ4v) is 2.52. The van der Waals surface area contributed by atoms with Crippen LogP contribution in [0, 0.1) is 13.8 Å². The van der Waals surface area contributed by atoms with Crippen LogP contribution in [0.1, 0.15) is 11.1 Å². The quantitative estimate of drug-likeness (QED) is 0.656. The molecule has 0 aliphatic rings. The first-order valence-corrected chi connectivity index (χ1v) is 8.21. The minimum atomic E-state index is 0.509. The average Bonchev–Trinajstić information content (AvgIpc) is 2.59. The third kappa shape index (κ3) is 4.19. The third-order valence-corrected chi connectivity index (χ3v) is 4.08. The molecule has 128 valence electrons. The molecule has 1 heterocycles. The molecule has 0 amide bonds. The van der Waals surface area contributed by atoms with Gasteiger partial charge in [0.2, 0.25) is 5.95 Å². The molecule has 0 spiro atoms. The van der Waals surface area contributed by atoms with E-state index < -0.39 is 0 Å². The molecule has 3 aromatic rings. The number of hydrogen-bond donors (Lipinski definition) is 2. The number of nitrogens with zero attached hydrogens (tertiary/aromatic N) is 2. The summed E-state index contributed by atoms with van der Waals surface area (Å²) >= 11 is 6.07. The van der Waals surface area contributed by atoms with Gasteiger partial charge in [0.1, 0.15) is 11.6 Å². The molecule has 0 atom stereocenters. The fourth-order valence-electron chi connectivity index (χ4n) is 2.35. The number of rotatable bonds is 5. The monoisotopic (exact) mass is 354 g/mol. The fraction of sp³-hybridized carbons (Fsp3) is 0.158. The van der Waals surface area contributed by atoms with E-state index in [0.717, 1.165) is 11.4 Å². The van der Waals surface area contributed by atoms with Gasteiger partial charge in [-0.2, -0.15) is 4.98 Å². The first kappa shape index (κ1) is 17.0. The van der Waals surface area contributed by atoms with Crippen molar-refractivity contribution >= 4 is 34.7 Å². The molecule has 2 N–H and O–H groups in total. The van der Waals surface area contributed by atoms with E-state index in [0.29, 0.717) is 22.5 Å². The highest BCUT2D eigenvalue weighted by molar-refractivity contribution is 6.31. The summed E-state index contributed by atoms with van der Waals surface area (Å²) in [4.78, 5) is 8.76. The number of halogens is 1. The van der Waals surface area contributed by atoms with Crippen molar-refractivity contribution in [2.24, 2.45) is 0 Å². The van der Waals surface area contributed by atoms with E-state index in [2.05, 4.69) is 46.6 Å². The van der Waals surface area contributed by atoms with Gasteiger partial charge in [0, 0.05) is 16.9 Å². The van der Waals surface area contributed by atoms with E-state index in [-0.39, 0.29) is 0 Å². The summed E-state index contributed by atoms with van der Waals surface area (Å²) in [5.74, 6) is 1.84. The van der Waals surface area contributed by atoms with E-state index >= 15 is 0 Å². The van der Waals surface area contributed by atoms with Crippen molar-refractivity contribution in [1.29, 1.82) is 0 Å². The maximum absolute atomic E-state index is 6.07. The molecule has 5 nitrogen and oxygen atoms in total. The van der Waals surface area contributed by atoms with Crippen molar-refractivity contribution in [3.05, 3.63) is 64.8 Å². The summed E-state index contributed by atoms with van der Waals surface area (Å²) in [7, 11) is 1.61. The number of aromatic nitrogens is 2. The van der Waals surface area contributed by atoms with Crippen molar-refractivity contribution in [2.75, 3.05) is 17.7 Å². The van der Waals surface area contributed by atoms with E-state index in [4.69, 9.17) is 16.3 Å². The lowest BCUT2D eigenvalue weighted by Gasteiger charge is -2.12. The molecule has 0 saturated carbocycles. The zero-order chi connectivity index (χ0) is 17.8. The van der Waals surface area contributed by atoms with Gasteiger partial charge < -0.3 is 15.4 Å². The zero-order valence-corrected chi connectivity index (χ0v) is 15.1. The summed E-state index contributed by atoms with van der Waals surface area (Å²) in [5, 5.41) is 7.05. The number of ether oxygens (including phenoxy) is 1. The molecule has 1 aromatic heterocycles. The SMILES string of the molecule is COc1ccc(Cl)cc1Nc1ccnc(Nc2ccc(C)c(C)c2)n1. The predicted molar refractivity (Wildman–Crippen MR) is 103 cm³/mol. The van der Waals surface area contributed by atoms with Crippen LogP contribution in [0.3, 0.4) is 0 Å². The van der Waals surface area contributed by atoms with Crippen LogP contribution in [0.4, 0.5) is 23.1 Å². The Balaban J connectivity index is 1.82. The number of aryl methyl sites for hydroxylation is 2. The second-order valence-electron chi connectivity index (χ2n) is 5.66. The van der Waals surface area contributed by atoms with Gasteiger partial charge in [0.25, 0.3) is 0 Å². The minimum absolute atomic E-state index is 0.509. The normalized spacial score (nSPS) is 10.4. The van der Waals surface area contributed by atoms with E-state index in [1.165, 1.54) is 11.1 Å². The molecule has 2 aromatic carbocycles. The van der Waals surface area contributed by atoms with Crippen LogP contribution >= 0.6 is 11.6 Å². The summed E-state index contributed by atoms with van der Waals surface area (Å²) in [5.41, 5.74) is 4.14.